The molecule has 1 aromatic rings. The average Bonchev–Trinajstić information content (AvgIpc) is 2.62. The summed E-state index contributed by atoms with van der Waals surface area (Å²) in [6.07, 6.45) is 7.92. The van der Waals surface area contributed by atoms with Crippen LogP contribution in [-0.4, -0.2) is 13.7 Å². The van der Waals surface area contributed by atoms with Gasteiger partial charge in [0.15, 0.2) is 0 Å². The molecule has 2 rings (SSSR count). The normalized spacial score (nSPS) is 19.0. The standard InChI is InChI=1S/C10H11NO2S2/c12-15(13)9-4-2-1-3-8(7-9)10-11-5-6-14-10/h4-7H,1-3H2,(H,12,13)/p-1. The highest BCUT2D eigenvalue weighted by Gasteiger charge is 2.08. The summed E-state index contributed by atoms with van der Waals surface area (Å²) in [4.78, 5) is 4.58. The van der Waals surface area contributed by atoms with Gasteiger partial charge in [-0.15, -0.1) is 11.3 Å². The molecule has 1 heterocycles. The van der Waals surface area contributed by atoms with E-state index in [0.717, 1.165) is 29.8 Å². The van der Waals surface area contributed by atoms with E-state index in [-0.39, 0.29) is 0 Å². The number of nitrogens with zero attached hydrogens (tertiary/aromatic N) is 1. The molecule has 0 aromatic carbocycles. The Morgan fingerprint density at radius 1 is 1.53 bits per heavy atom. The van der Waals surface area contributed by atoms with E-state index in [1.807, 2.05) is 5.38 Å². The Bertz CT molecular complexity index is 421. The monoisotopic (exact) mass is 240 g/mol. The van der Waals surface area contributed by atoms with Gasteiger partial charge in [0.1, 0.15) is 5.01 Å². The Hall–Kier alpha value is -0.780. The van der Waals surface area contributed by atoms with E-state index in [1.165, 1.54) is 0 Å². The van der Waals surface area contributed by atoms with Crippen molar-refractivity contribution in [2.24, 2.45) is 0 Å². The summed E-state index contributed by atoms with van der Waals surface area (Å²) in [7, 11) is 0. The first-order chi connectivity index (χ1) is 7.27. The van der Waals surface area contributed by atoms with Gasteiger partial charge in [-0.3, -0.25) is 4.21 Å². The van der Waals surface area contributed by atoms with Crippen LogP contribution < -0.4 is 0 Å². The van der Waals surface area contributed by atoms with Gasteiger partial charge in [-0.05, 0) is 42.0 Å². The van der Waals surface area contributed by atoms with Crippen LogP contribution in [0.1, 0.15) is 24.3 Å². The number of aromatic nitrogens is 1. The molecule has 0 fully saturated rings. The van der Waals surface area contributed by atoms with Crippen LogP contribution in [0.5, 0.6) is 0 Å². The third-order valence-electron chi connectivity index (χ3n) is 2.21. The van der Waals surface area contributed by atoms with Gasteiger partial charge in [0, 0.05) is 16.5 Å². The largest absolute Gasteiger partial charge is 0.768 e. The van der Waals surface area contributed by atoms with Crippen molar-refractivity contribution in [3.8, 4) is 0 Å². The lowest BCUT2D eigenvalue weighted by Crippen LogP contribution is -1.90. The SMILES string of the molecule is O=S([O-])C1=CCCCC(c2nccs2)=C1. The van der Waals surface area contributed by atoms with E-state index in [1.54, 1.807) is 29.7 Å². The van der Waals surface area contributed by atoms with Gasteiger partial charge >= 0.3 is 0 Å². The zero-order valence-corrected chi connectivity index (χ0v) is 9.64. The first-order valence-electron chi connectivity index (χ1n) is 4.67. The van der Waals surface area contributed by atoms with Gasteiger partial charge in [0.25, 0.3) is 0 Å². The molecule has 1 unspecified atom stereocenters. The maximum atomic E-state index is 10.9. The van der Waals surface area contributed by atoms with Gasteiger partial charge < -0.3 is 4.55 Å². The highest BCUT2D eigenvalue weighted by atomic mass is 32.2. The summed E-state index contributed by atoms with van der Waals surface area (Å²) < 4.78 is 21.8. The Morgan fingerprint density at radius 2 is 2.40 bits per heavy atom. The third-order valence-corrected chi connectivity index (χ3v) is 3.73. The molecular formula is C10H10NO2S2-. The van der Waals surface area contributed by atoms with Crippen molar-refractivity contribution in [3.63, 3.8) is 0 Å². The lowest BCUT2D eigenvalue weighted by molar-refractivity contribution is 0.544. The van der Waals surface area contributed by atoms with E-state index in [4.69, 9.17) is 0 Å². The summed E-state index contributed by atoms with van der Waals surface area (Å²) in [6, 6.07) is 0. The van der Waals surface area contributed by atoms with Crippen LogP contribution in [0.25, 0.3) is 5.57 Å². The Morgan fingerprint density at radius 3 is 3.07 bits per heavy atom. The lowest BCUT2D eigenvalue weighted by Gasteiger charge is -2.06. The minimum Gasteiger partial charge on any atom is -0.768 e. The van der Waals surface area contributed by atoms with Crippen LogP contribution in [0.4, 0.5) is 0 Å². The van der Waals surface area contributed by atoms with Crippen molar-refractivity contribution >= 4 is 28.0 Å². The number of thiazole rings is 1. The molecule has 0 radical (unpaired) electrons. The molecule has 1 aromatic heterocycles. The molecule has 1 aliphatic rings. The highest BCUT2D eigenvalue weighted by molar-refractivity contribution is 7.83. The summed E-state index contributed by atoms with van der Waals surface area (Å²) in [5.41, 5.74) is 1.03. The molecule has 0 aliphatic heterocycles. The highest BCUT2D eigenvalue weighted by Crippen LogP contribution is 2.27. The van der Waals surface area contributed by atoms with Gasteiger partial charge in [-0.1, -0.05) is 6.08 Å². The van der Waals surface area contributed by atoms with Crippen molar-refractivity contribution in [3.05, 3.63) is 33.6 Å². The number of rotatable bonds is 2. The van der Waals surface area contributed by atoms with Crippen molar-refractivity contribution in [2.45, 2.75) is 19.3 Å². The Kier molecular flexibility index (Phi) is 3.45. The van der Waals surface area contributed by atoms with E-state index in [2.05, 4.69) is 4.98 Å². The van der Waals surface area contributed by atoms with E-state index < -0.39 is 11.1 Å². The lowest BCUT2D eigenvalue weighted by atomic mass is 10.1. The molecule has 0 spiro atoms. The van der Waals surface area contributed by atoms with E-state index in [9.17, 15) is 8.76 Å². The molecule has 0 amide bonds. The van der Waals surface area contributed by atoms with Crippen LogP contribution in [-0.2, 0) is 11.1 Å². The molecule has 5 heteroatoms. The molecule has 0 bridgehead atoms. The van der Waals surface area contributed by atoms with Crippen LogP contribution in [0, 0.1) is 0 Å². The molecule has 0 N–H and O–H groups in total. The molecule has 15 heavy (non-hydrogen) atoms. The van der Waals surface area contributed by atoms with Gasteiger partial charge in [0.2, 0.25) is 0 Å². The molecule has 1 aliphatic carbocycles. The zero-order valence-electron chi connectivity index (χ0n) is 8.01. The molecule has 0 saturated carbocycles. The van der Waals surface area contributed by atoms with Crippen molar-refractivity contribution < 1.29 is 8.76 Å². The van der Waals surface area contributed by atoms with Crippen molar-refractivity contribution in [1.29, 1.82) is 0 Å². The quantitative estimate of drug-likeness (QED) is 0.746. The van der Waals surface area contributed by atoms with E-state index >= 15 is 0 Å². The van der Waals surface area contributed by atoms with Crippen LogP contribution in [0.2, 0.25) is 0 Å². The van der Waals surface area contributed by atoms with Gasteiger partial charge in [-0.2, -0.15) is 0 Å². The second kappa shape index (κ2) is 4.83. The zero-order chi connectivity index (χ0) is 10.7. The maximum Gasteiger partial charge on any atom is 0.119 e. The fourth-order valence-corrected chi connectivity index (χ4v) is 2.68. The van der Waals surface area contributed by atoms with Gasteiger partial charge in [0.05, 0.1) is 0 Å². The first-order valence-corrected chi connectivity index (χ1v) is 6.62. The summed E-state index contributed by atoms with van der Waals surface area (Å²) in [5.74, 6) is 0. The minimum atomic E-state index is -2.13. The third kappa shape index (κ3) is 2.62. The molecule has 0 saturated heterocycles. The van der Waals surface area contributed by atoms with Crippen molar-refractivity contribution in [2.75, 3.05) is 0 Å². The number of hydrogen-bond acceptors (Lipinski definition) is 4. The topological polar surface area (TPSA) is 53.0 Å². The fourth-order valence-electron chi connectivity index (χ4n) is 1.51. The number of hydrogen-bond donors (Lipinski definition) is 0. The molecule has 1 atom stereocenters. The average molecular weight is 240 g/mol. The van der Waals surface area contributed by atoms with Crippen LogP contribution in [0.15, 0.2) is 28.6 Å². The van der Waals surface area contributed by atoms with E-state index in [0.29, 0.717) is 4.91 Å². The van der Waals surface area contributed by atoms with Crippen LogP contribution in [0.3, 0.4) is 0 Å². The first kappa shape index (κ1) is 10.7. The van der Waals surface area contributed by atoms with Crippen LogP contribution >= 0.6 is 11.3 Å². The summed E-state index contributed by atoms with van der Waals surface area (Å²) in [6.45, 7) is 0. The second-order valence-corrected chi connectivity index (χ2v) is 5.08. The predicted molar refractivity (Wildman–Crippen MR) is 60.9 cm³/mol. The van der Waals surface area contributed by atoms with Crippen molar-refractivity contribution in [1.82, 2.24) is 4.98 Å². The molecular weight excluding hydrogens is 230 g/mol. The molecule has 80 valence electrons. The molecule has 3 nitrogen and oxygen atoms in total. The van der Waals surface area contributed by atoms with Gasteiger partial charge in [-0.25, -0.2) is 4.98 Å². The second-order valence-electron chi connectivity index (χ2n) is 3.24. The smallest absolute Gasteiger partial charge is 0.119 e. The fraction of sp³-hybridized carbons (Fsp3) is 0.300. The summed E-state index contributed by atoms with van der Waals surface area (Å²) >= 11 is -0.589. The number of allylic oxidation sites excluding steroid dienone is 3. The summed E-state index contributed by atoms with van der Waals surface area (Å²) in [5, 5.41) is 2.83. The Labute approximate surface area is 94.8 Å². The predicted octanol–water partition coefficient (Wildman–Crippen LogP) is 2.47. The Balaban J connectivity index is 2.32. The maximum absolute atomic E-state index is 10.9. The minimum absolute atomic E-state index is 0.387.